The summed E-state index contributed by atoms with van der Waals surface area (Å²) in [5.41, 5.74) is 0.988. The van der Waals surface area contributed by atoms with E-state index < -0.39 is 6.61 Å². The molecule has 1 aromatic carbocycles. The van der Waals surface area contributed by atoms with E-state index in [1.807, 2.05) is 17.5 Å². The van der Waals surface area contributed by atoms with Gasteiger partial charge in [-0.15, -0.1) is 36.2 Å². The molecule has 134 valence electrons. The number of thiophene rings is 1. The van der Waals surface area contributed by atoms with Gasteiger partial charge in [0.05, 0.1) is 6.04 Å². The molecule has 24 heavy (non-hydrogen) atoms. The molecule has 0 spiro atoms. The minimum absolute atomic E-state index is 0. The normalized spacial score (nSPS) is 16.1. The van der Waals surface area contributed by atoms with Gasteiger partial charge >= 0.3 is 6.61 Å². The Labute approximate surface area is 156 Å². The number of hydrogen-bond acceptors (Lipinski definition) is 4. The van der Waals surface area contributed by atoms with E-state index in [4.69, 9.17) is 0 Å². The van der Waals surface area contributed by atoms with Gasteiger partial charge in [-0.25, -0.2) is 0 Å². The monoisotopic (exact) mass is 396 g/mol. The van der Waals surface area contributed by atoms with Crippen LogP contribution in [0, 0.1) is 0 Å². The summed E-state index contributed by atoms with van der Waals surface area (Å²) in [4.78, 5) is 3.60. The number of nitrogens with zero attached hydrogens (tertiary/aromatic N) is 1. The van der Waals surface area contributed by atoms with Crippen LogP contribution in [0.2, 0.25) is 0 Å². The summed E-state index contributed by atoms with van der Waals surface area (Å²) in [6.45, 7) is 0.949. The predicted molar refractivity (Wildman–Crippen MR) is 98.2 cm³/mol. The van der Waals surface area contributed by atoms with Gasteiger partial charge in [0.25, 0.3) is 0 Å². The van der Waals surface area contributed by atoms with Crippen molar-refractivity contribution in [2.45, 2.75) is 12.7 Å². The van der Waals surface area contributed by atoms with Gasteiger partial charge in [0.1, 0.15) is 5.75 Å². The Balaban J connectivity index is 0.00000144. The standard InChI is InChI=1S/C16H18F2N2OS.2ClH/c17-16(18)21-13-4-1-3-12(11-13)15(14-5-2-10-22-14)20-8-6-19-7-9-20;;/h1-5,10-11,15-16,19H,6-9H2;2*1H/t15-;;/m0../s1. The van der Waals surface area contributed by atoms with Gasteiger partial charge in [-0.05, 0) is 29.1 Å². The van der Waals surface area contributed by atoms with Crippen molar-refractivity contribution < 1.29 is 13.5 Å². The van der Waals surface area contributed by atoms with Gasteiger partial charge in [0, 0.05) is 31.1 Å². The average molecular weight is 397 g/mol. The molecule has 0 aliphatic carbocycles. The lowest BCUT2D eigenvalue weighted by molar-refractivity contribution is -0.0499. The highest BCUT2D eigenvalue weighted by molar-refractivity contribution is 7.10. The van der Waals surface area contributed by atoms with E-state index in [9.17, 15) is 8.78 Å². The van der Waals surface area contributed by atoms with Crippen LogP contribution in [0.5, 0.6) is 5.75 Å². The second-order valence-electron chi connectivity index (χ2n) is 5.15. The van der Waals surface area contributed by atoms with E-state index in [-0.39, 0.29) is 36.6 Å². The summed E-state index contributed by atoms with van der Waals surface area (Å²) in [6, 6.07) is 11.2. The molecule has 2 aromatic rings. The Hall–Kier alpha value is -0.920. The molecule has 3 nitrogen and oxygen atoms in total. The zero-order valence-electron chi connectivity index (χ0n) is 12.9. The molecule has 8 heteroatoms. The van der Waals surface area contributed by atoms with E-state index >= 15 is 0 Å². The SMILES string of the molecule is Cl.Cl.FC(F)Oc1cccc([C@@H](c2cccs2)N2CCNCC2)c1. The predicted octanol–water partition coefficient (Wildman–Crippen LogP) is 4.19. The molecule has 1 saturated heterocycles. The number of benzene rings is 1. The summed E-state index contributed by atoms with van der Waals surface area (Å²) >= 11 is 1.69. The highest BCUT2D eigenvalue weighted by Gasteiger charge is 2.25. The molecule has 1 atom stereocenters. The summed E-state index contributed by atoms with van der Waals surface area (Å²) in [5.74, 6) is 0.212. The lowest BCUT2D eigenvalue weighted by Crippen LogP contribution is -2.45. The van der Waals surface area contributed by atoms with Crippen LogP contribution in [0.15, 0.2) is 41.8 Å². The largest absolute Gasteiger partial charge is 0.435 e. The molecule has 0 unspecified atom stereocenters. The molecule has 0 radical (unpaired) electrons. The van der Waals surface area contributed by atoms with Crippen LogP contribution in [0.3, 0.4) is 0 Å². The minimum Gasteiger partial charge on any atom is -0.435 e. The highest BCUT2D eigenvalue weighted by Crippen LogP contribution is 2.33. The second kappa shape index (κ2) is 10.2. The highest BCUT2D eigenvalue weighted by atomic mass is 35.5. The van der Waals surface area contributed by atoms with Crippen LogP contribution in [0.25, 0.3) is 0 Å². The van der Waals surface area contributed by atoms with Crippen molar-refractivity contribution in [1.82, 2.24) is 10.2 Å². The van der Waals surface area contributed by atoms with Gasteiger partial charge in [-0.1, -0.05) is 18.2 Å². The maximum Gasteiger partial charge on any atom is 0.387 e. The van der Waals surface area contributed by atoms with Crippen molar-refractivity contribution in [3.8, 4) is 5.75 Å². The Kier molecular flexibility index (Phi) is 8.94. The van der Waals surface area contributed by atoms with Crippen molar-refractivity contribution in [2.24, 2.45) is 0 Å². The topological polar surface area (TPSA) is 24.5 Å². The van der Waals surface area contributed by atoms with Crippen molar-refractivity contribution in [1.29, 1.82) is 0 Å². The van der Waals surface area contributed by atoms with E-state index in [0.717, 1.165) is 31.7 Å². The number of ether oxygens (including phenoxy) is 1. The van der Waals surface area contributed by atoms with Crippen molar-refractivity contribution in [3.63, 3.8) is 0 Å². The third kappa shape index (κ3) is 5.29. The average Bonchev–Trinajstić information content (AvgIpc) is 3.02. The maximum atomic E-state index is 12.4. The summed E-state index contributed by atoms with van der Waals surface area (Å²) < 4.78 is 29.4. The molecule has 3 rings (SSSR count). The molecule has 0 saturated carbocycles. The first kappa shape index (κ1) is 21.1. The number of alkyl halides is 2. The number of rotatable bonds is 5. The first-order valence-corrected chi connectivity index (χ1v) is 8.15. The van der Waals surface area contributed by atoms with Crippen LogP contribution in [-0.2, 0) is 0 Å². The number of nitrogens with one attached hydrogen (secondary N) is 1. The fourth-order valence-electron chi connectivity index (χ4n) is 2.80. The fraction of sp³-hybridized carbons (Fsp3) is 0.375. The van der Waals surface area contributed by atoms with Gasteiger partial charge < -0.3 is 10.1 Å². The molecule has 1 aliphatic heterocycles. The summed E-state index contributed by atoms with van der Waals surface area (Å²) in [6.07, 6.45) is 0. The summed E-state index contributed by atoms with van der Waals surface area (Å²) in [7, 11) is 0. The zero-order chi connectivity index (χ0) is 15.4. The van der Waals surface area contributed by atoms with E-state index in [1.165, 1.54) is 4.88 Å². The van der Waals surface area contributed by atoms with Crippen LogP contribution in [0.1, 0.15) is 16.5 Å². The number of hydrogen-bond donors (Lipinski definition) is 1. The molecule has 1 fully saturated rings. The lowest BCUT2D eigenvalue weighted by Gasteiger charge is -2.34. The molecule has 2 heterocycles. The van der Waals surface area contributed by atoms with E-state index in [1.54, 1.807) is 29.5 Å². The third-order valence-corrected chi connectivity index (χ3v) is 4.65. The molecule has 0 amide bonds. The second-order valence-corrected chi connectivity index (χ2v) is 6.13. The quantitative estimate of drug-likeness (QED) is 0.819. The molecular weight excluding hydrogens is 377 g/mol. The molecular formula is C16H20Cl2F2N2OS. The molecule has 1 N–H and O–H groups in total. The molecule has 1 aliphatic rings. The smallest absolute Gasteiger partial charge is 0.387 e. The van der Waals surface area contributed by atoms with Crippen LogP contribution in [-0.4, -0.2) is 37.7 Å². The Morgan fingerprint density at radius 3 is 2.46 bits per heavy atom. The maximum absolute atomic E-state index is 12.4. The third-order valence-electron chi connectivity index (χ3n) is 3.73. The van der Waals surface area contributed by atoms with Crippen LogP contribution in [0.4, 0.5) is 8.78 Å². The van der Waals surface area contributed by atoms with Crippen molar-refractivity contribution >= 4 is 36.2 Å². The van der Waals surface area contributed by atoms with Gasteiger partial charge in [0.15, 0.2) is 0 Å². The summed E-state index contributed by atoms with van der Waals surface area (Å²) in [5, 5.41) is 5.39. The van der Waals surface area contributed by atoms with Crippen molar-refractivity contribution in [2.75, 3.05) is 26.2 Å². The Morgan fingerprint density at radius 2 is 1.83 bits per heavy atom. The Morgan fingerprint density at radius 1 is 1.08 bits per heavy atom. The first-order valence-electron chi connectivity index (χ1n) is 7.27. The van der Waals surface area contributed by atoms with Gasteiger partial charge in [0.2, 0.25) is 0 Å². The number of halogens is 4. The van der Waals surface area contributed by atoms with Gasteiger partial charge in [-0.3, -0.25) is 4.90 Å². The van der Waals surface area contributed by atoms with Gasteiger partial charge in [-0.2, -0.15) is 8.78 Å². The lowest BCUT2D eigenvalue weighted by atomic mass is 10.0. The fourth-order valence-corrected chi connectivity index (χ4v) is 3.69. The minimum atomic E-state index is -2.80. The molecule has 0 bridgehead atoms. The Bertz CT molecular complexity index is 596. The first-order chi connectivity index (χ1) is 10.7. The van der Waals surface area contributed by atoms with E-state index in [0.29, 0.717) is 0 Å². The van der Waals surface area contributed by atoms with E-state index in [2.05, 4.69) is 21.0 Å². The zero-order valence-corrected chi connectivity index (χ0v) is 15.3. The van der Waals surface area contributed by atoms with Crippen LogP contribution < -0.4 is 10.1 Å². The number of piperazine rings is 1. The molecule has 1 aromatic heterocycles. The van der Waals surface area contributed by atoms with Crippen molar-refractivity contribution in [3.05, 3.63) is 52.2 Å². The van der Waals surface area contributed by atoms with Crippen LogP contribution >= 0.6 is 36.2 Å².